The van der Waals surface area contributed by atoms with E-state index >= 15 is 0 Å². The second kappa shape index (κ2) is 4.96. The van der Waals surface area contributed by atoms with Gasteiger partial charge in [-0.2, -0.15) is 0 Å². The zero-order valence-electron chi connectivity index (χ0n) is 12.7. The van der Waals surface area contributed by atoms with Gasteiger partial charge in [-0.05, 0) is 17.7 Å². The lowest BCUT2D eigenvalue weighted by atomic mass is 9.84. The Morgan fingerprint density at radius 1 is 1.09 bits per heavy atom. The normalized spacial score (nSPS) is 23.3. The van der Waals surface area contributed by atoms with Crippen molar-refractivity contribution in [1.82, 2.24) is 0 Å². The minimum Gasteiger partial charge on any atom is -0.433 e. The fraction of sp³-hybridized carbons (Fsp3) is 0.211. The molecule has 2 heterocycles. The Balaban J connectivity index is 2.02. The number of benzene rings is 2. The van der Waals surface area contributed by atoms with E-state index in [0.29, 0.717) is 23.0 Å². The Morgan fingerprint density at radius 2 is 1.78 bits per heavy atom. The van der Waals surface area contributed by atoms with Crippen molar-refractivity contribution in [2.75, 3.05) is 0 Å². The van der Waals surface area contributed by atoms with E-state index in [0.717, 1.165) is 5.56 Å². The predicted molar refractivity (Wildman–Crippen MR) is 86.6 cm³/mol. The number of hydrogen-bond donors (Lipinski definition) is 1. The SMILES string of the molecule is C[C@@]1(O)C[C@@H](c2ccccc2)c2c(oc3ccccc3c2=O)O1. The average Bonchev–Trinajstić information content (AvgIpc) is 2.54. The van der Waals surface area contributed by atoms with Crippen molar-refractivity contribution < 1.29 is 14.3 Å². The minimum absolute atomic E-state index is 0.105. The van der Waals surface area contributed by atoms with E-state index in [1.165, 1.54) is 0 Å². The van der Waals surface area contributed by atoms with Gasteiger partial charge in [0.2, 0.25) is 11.2 Å². The monoisotopic (exact) mass is 308 g/mol. The summed E-state index contributed by atoms with van der Waals surface area (Å²) in [5.74, 6) is -1.54. The molecule has 3 aromatic rings. The molecule has 0 saturated carbocycles. The lowest BCUT2D eigenvalue weighted by Gasteiger charge is -2.34. The van der Waals surface area contributed by atoms with Crippen molar-refractivity contribution in [2.45, 2.75) is 25.0 Å². The van der Waals surface area contributed by atoms with E-state index in [4.69, 9.17) is 9.15 Å². The summed E-state index contributed by atoms with van der Waals surface area (Å²) in [6.45, 7) is 1.58. The minimum atomic E-state index is -1.38. The quantitative estimate of drug-likeness (QED) is 0.748. The van der Waals surface area contributed by atoms with Crippen molar-refractivity contribution in [3.63, 3.8) is 0 Å². The summed E-state index contributed by atoms with van der Waals surface area (Å²) in [6, 6.07) is 16.7. The molecule has 0 unspecified atom stereocenters. The first-order valence-electron chi connectivity index (χ1n) is 7.57. The van der Waals surface area contributed by atoms with E-state index in [1.54, 1.807) is 25.1 Å². The highest BCUT2D eigenvalue weighted by Crippen LogP contribution is 2.42. The van der Waals surface area contributed by atoms with E-state index in [2.05, 4.69) is 0 Å². The van der Waals surface area contributed by atoms with Crippen LogP contribution in [0.1, 0.15) is 30.4 Å². The van der Waals surface area contributed by atoms with Crippen LogP contribution in [0.25, 0.3) is 11.0 Å². The fourth-order valence-electron chi connectivity index (χ4n) is 3.20. The van der Waals surface area contributed by atoms with Gasteiger partial charge >= 0.3 is 0 Å². The summed E-state index contributed by atoms with van der Waals surface area (Å²) in [5, 5.41) is 11.0. The maximum atomic E-state index is 12.9. The molecule has 4 rings (SSSR count). The number of para-hydroxylation sites is 1. The van der Waals surface area contributed by atoms with E-state index in [9.17, 15) is 9.90 Å². The van der Waals surface area contributed by atoms with Crippen LogP contribution >= 0.6 is 0 Å². The smallest absolute Gasteiger partial charge is 0.295 e. The van der Waals surface area contributed by atoms with Crippen LogP contribution in [0.4, 0.5) is 0 Å². The molecule has 4 heteroatoms. The molecular weight excluding hydrogens is 292 g/mol. The molecule has 0 saturated heterocycles. The second-order valence-electron chi connectivity index (χ2n) is 6.07. The molecule has 0 aliphatic carbocycles. The van der Waals surface area contributed by atoms with Crippen LogP contribution in [0.2, 0.25) is 0 Å². The molecule has 1 N–H and O–H groups in total. The molecule has 0 fully saturated rings. The van der Waals surface area contributed by atoms with Crippen LogP contribution in [-0.2, 0) is 0 Å². The highest BCUT2D eigenvalue weighted by molar-refractivity contribution is 5.78. The predicted octanol–water partition coefficient (Wildman–Crippen LogP) is 3.42. The van der Waals surface area contributed by atoms with Crippen LogP contribution in [0.5, 0.6) is 5.95 Å². The molecule has 23 heavy (non-hydrogen) atoms. The van der Waals surface area contributed by atoms with Crippen molar-refractivity contribution in [2.24, 2.45) is 0 Å². The molecule has 4 nitrogen and oxygen atoms in total. The first kappa shape index (κ1) is 14.0. The van der Waals surface area contributed by atoms with Crippen LogP contribution in [0.15, 0.2) is 63.8 Å². The molecule has 0 amide bonds. The molecule has 0 bridgehead atoms. The first-order chi connectivity index (χ1) is 11.1. The molecule has 2 aromatic carbocycles. The maximum Gasteiger partial charge on any atom is 0.295 e. The summed E-state index contributed by atoms with van der Waals surface area (Å²) >= 11 is 0. The van der Waals surface area contributed by atoms with E-state index in [1.807, 2.05) is 36.4 Å². The van der Waals surface area contributed by atoms with Crippen LogP contribution in [0.3, 0.4) is 0 Å². The Labute approximate surface area is 132 Å². The first-order valence-corrected chi connectivity index (χ1v) is 7.57. The van der Waals surface area contributed by atoms with Crippen LogP contribution in [-0.4, -0.2) is 10.9 Å². The van der Waals surface area contributed by atoms with Gasteiger partial charge in [0.1, 0.15) is 5.58 Å². The van der Waals surface area contributed by atoms with Gasteiger partial charge in [-0.15, -0.1) is 0 Å². The summed E-state index contributed by atoms with van der Waals surface area (Å²) in [5.41, 5.74) is 1.79. The van der Waals surface area contributed by atoms with Gasteiger partial charge < -0.3 is 14.3 Å². The van der Waals surface area contributed by atoms with Crippen molar-refractivity contribution in [1.29, 1.82) is 0 Å². The molecule has 1 aliphatic rings. The Kier molecular flexibility index (Phi) is 3.03. The van der Waals surface area contributed by atoms with Crippen molar-refractivity contribution in [3.05, 3.63) is 75.9 Å². The standard InChI is InChI=1S/C19H16O4/c1-19(21)11-14(12-7-3-2-4-8-12)16-17(20)13-9-5-6-10-15(13)22-18(16)23-19/h2-10,14,21H,11H2,1H3/t14-,19-/m0/s1. The number of ether oxygens (including phenoxy) is 1. The topological polar surface area (TPSA) is 59.7 Å². The van der Waals surface area contributed by atoms with Gasteiger partial charge in [0.25, 0.3) is 5.95 Å². The number of fused-ring (bicyclic) bond motifs is 2. The molecule has 116 valence electrons. The van der Waals surface area contributed by atoms with Crippen molar-refractivity contribution >= 4 is 11.0 Å². The largest absolute Gasteiger partial charge is 0.433 e. The molecule has 1 aromatic heterocycles. The Bertz CT molecular complexity index is 925. The second-order valence-corrected chi connectivity index (χ2v) is 6.07. The summed E-state index contributed by atoms with van der Waals surface area (Å²) < 4.78 is 11.3. The molecule has 0 radical (unpaired) electrons. The number of aliphatic hydroxyl groups is 1. The number of rotatable bonds is 1. The number of hydrogen-bond acceptors (Lipinski definition) is 4. The zero-order chi connectivity index (χ0) is 16.0. The highest BCUT2D eigenvalue weighted by atomic mass is 16.7. The molecule has 2 atom stereocenters. The maximum absolute atomic E-state index is 12.9. The Hall–Kier alpha value is -2.59. The Morgan fingerprint density at radius 3 is 2.57 bits per heavy atom. The third-order valence-electron chi connectivity index (χ3n) is 4.24. The highest BCUT2D eigenvalue weighted by Gasteiger charge is 2.40. The molecule has 0 spiro atoms. The van der Waals surface area contributed by atoms with Gasteiger partial charge in [0.05, 0.1) is 10.9 Å². The molecular formula is C19H16O4. The van der Waals surface area contributed by atoms with Crippen LogP contribution in [0, 0.1) is 0 Å². The summed E-state index contributed by atoms with van der Waals surface area (Å²) in [4.78, 5) is 12.9. The van der Waals surface area contributed by atoms with Gasteiger partial charge in [0.15, 0.2) is 0 Å². The van der Waals surface area contributed by atoms with E-state index < -0.39 is 5.79 Å². The lowest BCUT2D eigenvalue weighted by Crippen LogP contribution is -2.40. The van der Waals surface area contributed by atoms with E-state index in [-0.39, 0.29) is 17.3 Å². The van der Waals surface area contributed by atoms with Gasteiger partial charge in [-0.3, -0.25) is 4.79 Å². The lowest BCUT2D eigenvalue weighted by molar-refractivity contribution is -0.148. The van der Waals surface area contributed by atoms with Crippen LogP contribution < -0.4 is 10.2 Å². The zero-order valence-corrected chi connectivity index (χ0v) is 12.7. The molecule has 1 aliphatic heterocycles. The third kappa shape index (κ3) is 2.32. The van der Waals surface area contributed by atoms with Gasteiger partial charge in [-0.25, -0.2) is 0 Å². The van der Waals surface area contributed by atoms with Gasteiger partial charge in [0, 0.05) is 19.3 Å². The van der Waals surface area contributed by atoms with Gasteiger partial charge in [-0.1, -0.05) is 42.5 Å². The fourth-order valence-corrected chi connectivity index (χ4v) is 3.20. The summed E-state index contributed by atoms with van der Waals surface area (Å²) in [7, 11) is 0. The third-order valence-corrected chi connectivity index (χ3v) is 4.24. The average molecular weight is 308 g/mol. The van der Waals surface area contributed by atoms with Crippen molar-refractivity contribution in [3.8, 4) is 5.95 Å². The summed E-state index contributed by atoms with van der Waals surface area (Å²) in [6.07, 6.45) is 0.299.